The van der Waals surface area contributed by atoms with Crippen molar-refractivity contribution in [3.05, 3.63) is 29.8 Å². The van der Waals surface area contributed by atoms with Crippen molar-refractivity contribution in [1.82, 2.24) is 9.97 Å². The normalized spacial score (nSPS) is 16.5. The van der Waals surface area contributed by atoms with Crippen LogP contribution in [0.1, 0.15) is 25.8 Å². The molecule has 1 fully saturated rings. The lowest BCUT2D eigenvalue weighted by Crippen LogP contribution is -2.33. The molecule has 1 aliphatic heterocycles. The molecule has 1 aliphatic rings. The van der Waals surface area contributed by atoms with Crippen LogP contribution in [0, 0.1) is 0 Å². The van der Waals surface area contributed by atoms with Crippen LogP contribution in [0.2, 0.25) is 0 Å². The highest BCUT2D eigenvalue weighted by Gasteiger charge is 2.27. The van der Waals surface area contributed by atoms with Crippen molar-refractivity contribution < 1.29 is 14.6 Å². The molecule has 1 saturated heterocycles. The van der Waals surface area contributed by atoms with Gasteiger partial charge in [0.15, 0.2) is 11.6 Å². The maximum atomic E-state index is 9.88. The van der Waals surface area contributed by atoms with E-state index in [4.69, 9.17) is 21.1 Å². The minimum absolute atomic E-state index is 0.0960. The highest BCUT2D eigenvalue weighted by atomic mass is 16.5. The molecule has 0 bridgehead atoms. The first-order valence-electron chi connectivity index (χ1n) is 9.29. The Hall–Kier alpha value is -2.78. The number of benzene rings is 1. The first-order valence-corrected chi connectivity index (χ1v) is 9.29. The number of rotatable bonds is 7. The molecule has 0 aliphatic carbocycles. The van der Waals surface area contributed by atoms with Crippen LogP contribution in [-0.2, 0) is 6.54 Å². The first-order chi connectivity index (χ1) is 13.4. The van der Waals surface area contributed by atoms with Crippen molar-refractivity contribution in [1.29, 1.82) is 0 Å². The number of hydrogen-bond donors (Lipinski definition) is 3. The molecule has 0 radical (unpaired) electrons. The lowest BCUT2D eigenvalue weighted by molar-refractivity contribution is 0.198. The van der Waals surface area contributed by atoms with E-state index in [1.165, 1.54) is 5.01 Å². The molecule has 2 heterocycles. The van der Waals surface area contributed by atoms with Crippen LogP contribution in [0.4, 0.5) is 17.3 Å². The van der Waals surface area contributed by atoms with E-state index in [1.807, 2.05) is 43.0 Å². The SMILES string of the molecule is COc1ccc(CN(N)c2nc(OC(C)C)nc(N3CC[C@H](O)C3)c2N)cc1. The summed E-state index contributed by atoms with van der Waals surface area (Å²) in [4.78, 5) is 10.8. The van der Waals surface area contributed by atoms with E-state index < -0.39 is 6.10 Å². The van der Waals surface area contributed by atoms with Crippen LogP contribution in [0.5, 0.6) is 11.8 Å². The number of nitrogens with zero attached hydrogens (tertiary/aromatic N) is 4. The summed E-state index contributed by atoms with van der Waals surface area (Å²) in [5.74, 6) is 7.99. The molecule has 28 heavy (non-hydrogen) atoms. The summed E-state index contributed by atoms with van der Waals surface area (Å²) in [5, 5.41) is 11.4. The Kier molecular flexibility index (Phi) is 6.05. The number of ether oxygens (including phenoxy) is 2. The van der Waals surface area contributed by atoms with E-state index in [9.17, 15) is 5.11 Å². The molecule has 2 aromatic rings. The van der Waals surface area contributed by atoms with Gasteiger partial charge in [0.25, 0.3) is 0 Å². The van der Waals surface area contributed by atoms with Gasteiger partial charge in [-0.1, -0.05) is 12.1 Å². The highest BCUT2D eigenvalue weighted by Crippen LogP contribution is 2.33. The number of aromatic nitrogens is 2. The molecule has 1 atom stereocenters. The van der Waals surface area contributed by atoms with E-state index in [-0.39, 0.29) is 12.1 Å². The summed E-state index contributed by atoms with van der Waals surface area (Å²) in [6, 6.07) is 7.81. The first kappa shape index (κ1) is 20.0. The number of aliphatic hydroxyl groups excluding tert-OH is 1. The van der Waals surface area contributed by atoms with Gasteiger partial charge in [0.2, 0.25) is 0 Å². The Balaban J connectivity index is 1.90. The summed E-state index contributed by atoms with van der Waals surface area (Å²) in [7, 11) is 1.62. The Bertz CT molecular complexity index is 799. The Morgan fingerprint density at radius 1 is 1.29 bits per heavy atom. The Morgan fingerprint density at radius 3 is 2.57 bits per heavy atom. The van der Waals surface area contributed by atoms with Crippen molar-refractivity contribution in [3.63, 3.8) is 0 Å². The lowest BCUT2D eigenvalue weighted by Gasteiger charge is -2.25. The van der Waals surface area contributed by atoms with E-state index in [0.717, 1.165) is 11.3 Å². The third-order valence-electron chi connectivity index (χ3n) is 4.47. The van der Waals surface area contributed by atoms with Crippen molar-refractivity contribution in [2.45, 2.75) is 39.0 Å². The van der Waals surface area contributed by atoms with Crippen LogP contribution in [-0.4, -0.2) is 47.5 Å². The standard InChI is InChI=1S/C19H28N6O3/c1-12(2)28-19-22-17(24-9-8-14(26)11-24)16(20)18(23-19)25(21)10-13-4-6-15(27-3)7-5-13/h4-7,12,14,26H,8-11,20-21H2,1-3H3/t14-/m0/s1. The fourth-order valence-electron chi connectivity index (χ4n) is 3.09. The van der Waals surface area contributed by atoms with Crippen molar-refractivity contribution in [2.75, 3.05) is 35.8 Å². The molecule has 1 aromatic carbocycles. The van der Waals surface area contributed by atoms with Gasteiger partial charge in [-0.3, -0.25) is 5.01 Å². The maximum absolute atomic E-state index is 9.88. The molecule has 0 spiro atoms. The molecule has 3 rings (SSSR count). The van der Waals surface area contributed by atoms with Gasteiger partial charge in [0.05, 0.1) is 25.9 Å². The topological polar surface area (TPSA) is 123 Å². The smallest absolute Gasteiger partial charge is 0.320 e. The number of hydrogen-bond acceptors (Lipinski definition) is 9. The van der Waals surface area contributed by atoms with Crippen molar-refractivity contribution >= 4 is 17.3 Å². The predicted molar refractivity (Wildman–Crippen MR) is 108 cm³/mol. The summed E-state index contributed by atoms with van der Waals surface area (Å²) in [6.07, 6.45) is 0.166. The average Bonchev–Trinajstić information content (AvgIpc) is 3.09. The molecule has 9 nitrogen and oxygen atoms in total. The van der Waals surface area contributed by atoms with E-state index >= 15 is 0 Å². The predicted octanol–water partition coefficient (Wildman–Crippen LogP) is 1.31. The number of methoxy groups -OCH3 is 1. The third kappa shape index (κ3) is 4.55. The molecule has 9 heteroatoms. The van der Waals surface area contributed by atoms with Gasteiger partial charge in [0, 0.05) is 13.1 Å². The summed E-state index contributed by atoms with van der Waals surface area (Å²) >= 11 is 0. The van der Waals surface area contributed by atoms with Crippen LogP contribution in [0.3, 0.4) is 0 Å². The fraction of sp³-hybridized carbons (Fsp3) is 0.474. The van der Waals surface area contributed by atoms with Gasteiger partial charge >= 0.3 is 6.01 Å². The second kappa shape index (κ2) is 8.49. The van der Waals surface area contributed by atoms with Crippen LogP contribution in [0.15, 0.2) is 24.3 Å². The van der Waals surface area contributed by atoms with Gasteiger partial charge in [-0.15, -0.1) is 0 Å². The minimum Gasteiger partial charge on any atom is -0.497 e. The Morgan fingerprint density at radius 2 is 2.00 bits per heavy atom. The van der Waals surface area contributed by atoms with Gasteiger partial charge in [-0.05, 0) is 38.0 Å². The van der Waals surface area contributed by atoms with Gasteiger partial charge < -0.3 is 25.2 Å². The average molecular weight is 388 g/mol. The van der Waals surface area contributed by atoms with Gasteiger partial charge in [0.1, 0.15) is 11.4 Å². The lowest BCUT2D eigenvalue weighted by atomic mass is 10.2. The molecule has 1 aromatic heterocycles. The molecule has 0 amide bonds. The number of nitrogen functional groups attached to an aromatic ring is 1. The molecule has 0 unspecified atom stereocenters. The molecule has 5 N–H and O–H groups in total. The molecular weight excluding hydrogens is 360 g/mol. The summed E-state index contributed by atoms with van der Waals surface area (Å²) in [6.45, 7) is 5.32. The van der Waals surface area contributed by atoms with Gasteiger partial charge in [-0.25, -0.2) is 5.84 Å². The number of anilines is 3. The number of aliphatic hydroxyl groups is 1. The van der Waals surface area contributed by atoms with E-state index in [0.29, 0.717) is 43.4 Å². The third-order valence-corrected chi connectivity index (χ3v) is 4.47. The largest absolute Gasteiger partial charge is 0.497 e. The second-order valence-electron chi connectivity index (χ2n) is 7.10. The maximum Gasteiger partial charge on any atom is 0.320 e. The quantitative estimate of drug-likeness (QED) is 0.476. The summed E-state index contributed by atoms with van der Waals surface area (Å²) in [5.41, 5.74) is 7.70. The molecule has 152 valence electrons. The zero-order chi connectivity index (χ0) is 20.3. The number of hydrazine groups is 1. The van der Waals surface area contributed by atoms with E-state index in [2.05, 4.69) is 9.97 Å². The monoisotopic (exact) mass is 388 g/mol. The Labute approximate surface area is 164 Å². The summed E-state index contributed by atoms with van der Waals surface area (Å²) < 4.78 is 10.9. The van der Waals surface area contributed by atoms with Crippen LogP contribution in [0.25, 0.3) is 0 Å². The number of nitrogens with two attached hydrogens (primary N) is 2. The minimum atomic E-state index is -0.402. The van der Waals surface area contributed by atoms with Gasteiger partial charge in [-0.2, -0.15) is 9.97 Å². The zero-order valence-corrected chi connectivity index (χ0v) is 16.5. The molecular formula is C19H28N6O3. The second-order valence-corrected chi connectivity index (χ2v) is 7.10. The van der Waals surface area contributed by atoms with E-state index in [1.54, 1.807) is 7.11 Å². The fourth-order valence-corrected chi connectivity index (χ4v) is 3.09. The van der Waals surface area contributed by atoms with Crippen LogP contribution >= 0.6 is 0 Å². The van der Waals surface area contributed by atoms with Crippen molar-refractivity contribution in [3.8, 4) is 11.8 Å². The van der Waals surface area contributed by atoms with Crippen molar-refractivity contribution in [2.24, 2.45) is 5.84 Å². The number of β-amino-alcohol motifs (C(OH)–C–C–N with tert-alkyl or cyclic N) is 1. The van der Waals surface area contributed by atoms with Crippen LogP contribution < -0.4 is 31.0 Å². The molecule has 0 saturated carbocycles. The highest BCUT2D eigenvalue weighted by molar-refractivity contribution is 5.76. The zero-order valence-electron chi connectivity index (χ0n) is 16.5.